The number of furan rings is 1. The van der Waals surface area contributed by atoms with Gasteiger partial charge in [0.25, 0.3) is 0 Å². The zero-order valence-corrected chi connectivity index (χ0v) is 16.5. The number of carbonyl (C=O) groups excluding carboxylic acids is 2. The molecule has 0 N–H and O–H groups in total. The Morgan fingerprint density at radius 2 is 1.50 bits per heavy atom. The molecule has 0 spiro atoms. The molecule has 0 saturated heterocycles. The highest BCUT2D eigenvalue weighted by Gasteiger charge is 2.07. The lowest BCUT2D eigenvalue weighted by molar-refractivity contribution is -0.130. The third-order valence-corrected chi connectivity index (χ3v) is 4.03. The maximum Gasteiger partial charge on any atom is 0.338 e. The van der Waals surface area contributed by atoms with Gasteiger partial charge in [-0.05, 0) is 67.1 Å². The Kier molecular flexibility index (Phi) is 6.45. The Morgan fingerprint density at radius 1 is 0.867 bits per heavy atom. The third-order valence-electron chi connectivity index (χ3n) is 4.03. The first-order valence-corrected chi connectivity index (χ1v) is 9.15. The van der Waals surface area contributed by atoms with Crippen LogP contribution in [0.15, 0.2) is 89.9 Å². The second-order valence-electron chi connectivity index (χ2n) is 6.42. The van der Waals surface area contributed by atoms with E-state index in [9.17, 15) is 9.59 Å². The molecule has 0 saturated carbocycles. The molecule has 5 nitrogen and oxygen atoms in total. The van der Waals surface area contributed by atoms with E-state index < -0.39 is 11.9 Å². The summed E-state index contributed by atoms with van der Waals surface area (Å²) < 4.78 is 16.1. The van der Waals surface area contributed by atoms with Crippen molar-refractivity contribution in [1.82, 2.24) is 0 Å². The first-order valence-electron chi connectivity index (χ1n) is 9.15. The van der Waals surface area contributed by atoms with Crippen LogP contribution in [0, 0.1) is 0 Å². The van der Waals surface area contributed by atoms with Crippen LogP contribution in [-0.4, -0.2) is 11.9 Å². The van der Waals surface area contributed by atoms with Gasteiger partial charge < -0.3 is 13.9 Å². The van der Waals surface area contributed by atoms with E-state index in [-0.39, 0.29) is 0 Å². The fourth-order valence-electron chi connectivity index (χ4n) is 2.46. The standard InChI is InChI=1S/C25H20O5/c1-4-24(26)29-21-11-6-18(7-12-21)5-10-20-15-16-23(28-20)19-8-13-22(14-9-19)30-25(27)17(2)3/h4-16H,1-2H2,3H3/b10-5+. The van der Waals surface area contributed by atoms with Gasteiger partial charge in [-0.2, -0.15) is 0 Å². The average molecular weight is 400 g/mol. The number of hydrogen-bond acceptors (Lipinski definition) is 5. The first kappa shape index (κ1) is 20.6. The van der Waals surface area contributed by atoms with Crippen LogP contribution >= 0.6 is 0 Å². The number of esters is 2. The molecular weight excluding hydrogens is 380 g/mol. The highest BCUT2D eigenvalue weighted by atomic mass is 16.5. The van der Waals surface area contributed by atoms with Gasteiger partial charge in [0.2, 0.25) is 0 Å². The molecule has 3 aromatic rings. The van der Waals surface area contributed by atoms with Gasteiger partial charge in [-0.1, -0.05) is 31.4 Å². The van der Waals surface area contributed by atoms with E-state index in [1.807, 2.05) is 48.6 Å². The molecule has 1 heterocycles. The van der Waals surface area contributed by atoms with Crippen molar-refractivity contribution in [3.63, 3.8) is 0 Å². The van der Waals surface area contributed by atoms with E-state index in [0.29, 0.717) is 28.6 Å². The van der Waals surface area contributed by atoms with Crippen LogP contribution in [0.1, 0.15) is 18.2 Å². The van der Waals surface area contributed by atoms with E-state index in [4.69, 9.17) is 13.9 Å². The normalized spacial score (nSPS) is 10.6. The molecule has 0 bridgehead atoms. The molecule has 0 radical (unpaired) electrons. The van der Waals surface area contributed by atoms with Crippen molar-refractivity contribution < 1.29 is 23.5 Å². The third kappa shape index (κ3) is 5.45. The summed E-state index contributed by atoms with van der Waals surface area (Å²) in [5.41, 5.74) is 2.13. The predicted molar refractivity (Wildman–Crippen MR) is 116 cm³/mol. The molecule has 0 aliphatic heterocycles. The summed E-state index contributed by atoms with van der Waals surface area (Å²) in [6.45, 7) is 8.52. The topological polar surface area (TPSA) is 65.7 Å². The van der Waals surface area contributed by atoms with E-state index in [1.165, 1.54) is 0 Å². The van der Waals surface area contributed by atoms with Crippen molar-refractivity contribution in [3.8, 4) is 22.8 Å². The molecule has 0 atom stereocenters. The molecular formula is C25H20O5. The Bertz CT molecular complexity index is 1100. The zero-order chi connectivity index (χ0) is 21.5. The number of rotatable bonds is 7. The van der Waals surface area contributed by atoms with Gasteiger partial charge in [0.15, 0.2) is 0 Å². The minimum Gasteiger partial charge on any atom is -0.457 e. The Balaban J connectivity index is 1.64. The fraction of sp³-hybridized carbons (Fsp3) is 0.0400. The molecule has 0 amide bonds. The second-order valence-corrected chi connectivity index (χ2v) is 6.42. The SMILES string of the molecule is C=CC(=O)Oc1ccc(/C=C/c2ccc(-c3ccc(OC(=O)C(=C)C)cc3)o2)cc1. The van der Waals surface area contributed by atoms with E-state index in [0.717, 1.165) is 17.2 Å². The van der Waals surface area contributed by atoms with Crippen LogP contribution in [0.2, 0.25) is 0 Å². The molecule has 0 aliphatic rings. The highest BCUT2D eigenvalue weighted by molar-refractivity contribution is 5.88. The van der Waals surface area contributed by atoms with Crippen molar-refractivity contribution in [2.75, 3.05) is 0 Å². The lowest BCUT2D eigenvalue weighted by atomic mass is 10.1. The van der Waals surface area contributed by atoms with E-state index >= 15 is 0 Å². The predicted octanol–water partition coefficient (Wildman–Crippen LogP) is 5.69. The summed E-state index contributed by atoms with van der Waals surface area (Å²) in [7, 11) is 0. The maximum absolute atomic E-state index is 11.6. The molecule has 0 fully saturated rings. The van der Waals surface area contributed by atoms with Crippen LogP contribution in [0.3, 0.4) is 0 Å². The number of carbonyl (C=O) groups is 2. The molecule has 3 rings (SSSR count). The average Bonchev–Trinajstić information content (AvgIpc) is 3.22. The highest BCUT2D eigenvalue weighted by Crippen LogP contribution is 2.26. The van der Waals surface area contributed by atoms with Gasteiger partial charge in [0, 0.05) is 17.2 Å². The second kappa shape index (κ2) is 9.39. The summed E-state index contributed by atoms with van der Waals surface area (Å²) in [6.07, 6.45) is 4.85. The Labute approximate surface area is 174 Å². The molecule has 1 aromatic heterocycles. The monoisotopic (exact) mass is 400 g/mol. The lowest BCUT2D eigenvalue weighted by Crippen LogP contribution is -2.07. The number of hydrogen-bond donors (Lipinski definition) is 0. The van der Waals surface area contributed by atoms with Gasteiger partial charge in [-0.15, -0.1) is 0 Å². The molecule has 30 heavy (non-hydrogen) atoms. The quantitative estimate of drug-likeness (QED) is 0.290. The van der Waals surface area contributed by atoms with Crippen molar-refractivity contribution in [1.29, 1.82) is 0 Å². The Morgan fingerprint density at radius 3 is 2.13 bits per heavy atom. The van der Waals surface area contributed by atoms with Gasteiger partial charge >= 0.3 is 11.9 Å². The van der Waals surface area contributed by atoms with Crippen LogP contribution < -0.4 is 9.47 Å². The largest absolute Gasteiger partial charge is 0.457 e. The fourth-order valence-corrected chi connectivity index (χ4v) is 2.46. The molecule has 5 heteroatoms. The number of benzene rings is 2. The summed E-state index contributed by atoms with van der Waals surface area (Å²) in [4.78, 5) is 22.8. The summed E-state index contributed by atoms with van der Waals surface area (Å²) in [6, 6.07) is 17.8. The summed E-state index contributed by atoms with van der Waals surface area (Å²) in [5.74, 6) is 1.32. The number of ether oxygens (including phenoxy) is 2. The molecule has 150 valence electrons. The van der Waals surface area contributed by atoms with Gasteiger partial charge in [0.05, 0.1) is 0 Å². The minimum absolute atomic E-state index is 0.342. The zero-order valence-electron chi connectivity index (χ0n) is 16.5. The van der Waals surface area contributed by atoms with E-state index in [1.54, 1.807) is 31.2 Å². The molecule has 0 unspecified atom stereocenters. The van der Waals surface area contributed by atoms with Crippen LogP contribution in [0.4, 0.5) is 0 Å². The Hall–Kier alpha value is -4.12. The minimum atomic E-state index is -0.497. The summed E-state index contributed by atoms with van der Waals surface area (Å²) in [5, 5.41) is 0. The van der Waals surface area contributed by atoms with Gasteiger partial charge in [0.1, 0.15) is 23.0 Å². The molecule has 2 aromatic carbocycles. The van der Waals surface area contributed by atoms with Crippen molar-refractivity contribution in [2.45, 2.75) is 6.92 Å². The van der Waals surface area contributed by atoms with E-state index in [2.05, 4.69) is 13.2 Å². The van der Waals surface area contributed by atoms with Gasteiger partial charge in [-0.3, -0.25) is 0 Å². The maximum atomic E-state index is 11.6. The van der Waals surface area contributed by atoms with Crippen molar-refractivity contribution in [3.05, 3.63) is 96.8 Å². The lowest BCUT2D eigenvalue weighted by Gasteiger charge is -2.04. The van der Waals surface area contributed by atoms with Gasteiger partial charge in [-0.25, -0.2) is 9.59 Å². The van der Waals surface area contributed by atoms with Crippen molar-refractivity contribution in [2.24, 2.45) is 0 Å². The van der Waals surface area contributed by atoms with Crippen LogP contribution in [0.5, 0.6) is 11.5 Å². The molecule has 0 aliphatic carbocycles. The van der Waals surface area contributed by atoms with Crippen molar-refractivity contribution >= 4 is 24.1 Å². The summed E-state index contributed by atoms with van der Waals surface area (Å²) >= 11 is 0. The first-order chi connectivity index (χ1) is 14.4. The smallest absolute Gasteiger partial charge is 0.338 e. The van der Waals surface area contributed by atoms with Crippen LogP contribution in [-0.2, 0) is 9.59 Å². The van der Waals surface area contributed by atoms with Crippen LogP contribution in [0.25, 0.3) is 23.5 Å².